The Morgan fingerprint density at radius 1 is 1.21 bits per heavy atom. The van der Waals surface area contributed by atoms with E-state index >= 15 is 0 Å². The predicted octanol–water partition coefficient (Wildman–Crippen LogP) is 2.09. The number of aryl methyl sites for hydroxylation is 2. The van der Waals surface area contributed by atoms with Gasteiger partial charge in [-0.1, -0.05) is 11.6 Å². The summed E-state index contributed by atoms with van der Waals surface area (Å²) in [4.78, 5) is 16.7. The molecule has 0 bridgehead atoms. The van der Waals surface area contributed by atoms with Crippen molar-refractivity contribution in [2.24, 2.45) is 0 Å². The molecule has 0 aliphatic carbocycles. The summed E-state index contributed by atoms with van der Waals surface area (Å²) in [5.41, 5.74) is 1.92. The standard InChI is InChI=1S/C18H28ClN3O2/c1-14-11-16(12-15(2)18(14)19)24-13-17(23)20-5-4-6-22-9-7-21(3)8-10-22/h11-12H,4-10,13H2,1-3H3,(H,20,23). The van der Waals surface area contributed by atoms with E-state index in [0.717, 1.165) is 55.3 Å². The highest BCUT2D eigenvalue weighted by Crippen LogP contribution is 2.25. The molecule has 0 atom stereocenters. The van der Waals surface area contributed by atoms with E-state index in [9.17, 15) is 4.79 Å². The number of halogens is 1. The number of hydrogen-bond acceptors (Lipinski definition) is 4. The fourth-order valence-electron chi connectivity index (χ4n) is 2.79. The third-order valence-corrected chi connectivity index (χ3v) is 4.95. The Morgan fingerprint density at radius 3 is 2.46 bits per heavy atom. The third kappa shape index (κ3) is 5.96. The van der Waals surface area contributed by atoms with E-state index < -0.39 is 0 Å². The van der Waals surface area contributed by atoms with Crippen LogP contribution in [0.1, 0.15) is 17.5 Å². The zero-order valence-corrected chi connectivity index (χ0v) is 15.7. The van der Waals surface area contributed by atoms with Crippen LogP contribution >= 0.6 is 11.6 Å². The summed E-state index contributed by atoms with van der Waals surface area (Å²) in [5.74, 6) is 0.598. The second-order valence-electron chi connectivity index (χ2n) is 6.51. The van der Waals surface area contributed by atoms with E-state index in [-0.39, 0.29) is 12.5 Å². The third-order valence-electron chi connectivity index (χ3n) is 4.35. The zero-order valence-electron chi connectivity index (χ0n) is 14.9. The number of rotatable bonds is 7. The van der Waals surface area contributed by atoms with Gasteiger partial charge in [0.2, 0.25) is 0 Å². The maximum atomic E-state index is 11.9. The van der Waals surface area contributed by atoms with Crippen LogP contribution in [0.5, 0.6) is 5.75 Å². The Bertz CT molecular complexity index is 534. The van der Waals surface area contributed by atoms with Gasteiger partial charge in [0, 0.05) is 37.7 Å². The summed E-state index contributed by atoms with van der Waals surface area (Å²) in [6, 6.07) is 3.71. The number of benzene rings is 1. The fourth-order valence-corrected chi connectivity index (χ4v) is 2.90. The van der Waals surface area contributed by atoms with Gasteiger partial charge in [0.15, 0.2) is 6.61 Å². The molecule has 0 spiro atoms. The van der Waals surface area contributed by atoms with Gasteiger partial charge >= 0.3 is 0 Å². The summed E-state index contributed by atoms with van der Waals surface area (Å²) in [7, 11) is 2.15. The van der Waals surface area contributed by atoms with E-state index in [4.69, 9.17) is 16.3 Å². The molecule has 134 valence electrons. The molecule has 5 nitrogen and oxygen atoms in total. The van der Waals surface area contributed by atoms with Gasteiger partial charge in [0.1, 0.15) is 5.75 Å². The number of amides is 1. The normalized spacial score (nSPS) is 16.2. The van der Waals surface area contributed by atoms with Crippen molar-refractivity contribution in [3.63, 3.8) is 0 Å². The molecule has 1 aromatic rings. The van der Waals surface area contributed by atoms with Crippen LogP contribution < -0.4 is 10.1 Å². The van der Waals surface area contributed by atoms with Crippen LogP contribution in [0.3, 0.4) is 0 Å². The molecular weight excluding hydrogens is 326 g/mol. The zero-order chi connectivity index (χ0) is 17.5. The molecule has 2 rings (SSSR count). The lowest BCUT2D eigenvalue weighted by molar-refractivity contribution is -0.123. The lowest BCUT2D eigenvalue weighted by Crippen LogP contribution is -2.45. The Kier molecular flexibility index (Phi) is 7.34. The van der Waals surface area contributed by atoms with Gasteiger partial charge in [-0.15, -0.1) is 0 Å². The highest BCUT2D eigenvalue weighted by molar-refractivity contribution is 6.32. The molecule has 1 amide bonds. The smallest absolute Gasteiger partial charge is 0.257 e. The molecule has 1 fully saturated rings. The summed E-state index contributed by atoms with van der Waals surface area (Å²) >= 11 is 6.13. The van der Waals surface area contributed by atoms with Crippen molar-refractivity contribution in [3.05, 3.63) is 28.3 Å². The summed E-state index contributed by atoms with van der Waals surface area (Å²) in [6.45, 7) is 10.1. The first-order chi connectivity index (χ1) is 11.5. The second-order valence-corrected chi connectivity index (χ2v) is 6.89. The van der Waals surface area contributed by atoms with Crippen molar-refractivity contribution in [1.29, 1.82) is 0 Å². The number of ether oxygens (including phenoxy) is 1. The molecule has 1 saturated heterocycles. The van der Waals surface area contributed by atoms with Gasteiger partial charge in [0.05, 0.1) is 0 Å². The van der Waals surface area contributed by atoms with E-state index in [1.54, 1.807) is 0 Å². The van der Waals surface area contributed by atoms with Gasteiger partial charge in [-0.05, 0) is 57.1 Å². The maximum absolute atomic E-state index is 11.9. The van der Waals surface area contributed by atoms with E-state index in [0.29, 0.717) is 12.3 Å². The number of carbonyl (C=O) groups is 1. The van der Waals surface area contributed by atoms with Gasteiger partial charge in [-0.3, -0.25) is 4.79 Å². The maximum Gasteiger partial charge on any atom is 0.257 e. The highest BCUT2D eigenvalue weighted by atomic mass is 35.5. The fraction of sp³-hybridized carbons (Fsp3) is 0.611. The molecule has 1 aliphatic heterocycles. The molecule has 0 saturated carbocycles. The lowest BCUT2D eigenvalue weighted by Gasteiger charge is -2.32. The number of nitrogens with one attached hydrogen (secondary N) is 1. The van der Waals surface area contributed by atoms with Crippen LogP contribution in [0.2, 0.25) is 5.02 Å². The summed E-state index contributed by atoms with van der Waals surface area (Å²) in [5, 5.41) is 3.66. The predicted molar refractivity (Wildman–Crippen MR) is 98.0 cm³/mol. The van der Waals surface area contributed by atoms with E-state index in [2.05, 4.69) is 22.2 Å². The van der Waals surface area contributed by atoms with Gasteiger partial charge in [-0.2, -0.15) is 0 Å². The molecule has 24 heavy (non-hydrogen) atoms. The first kappa shape index (κ1) is 19.0. The van der Waals surface area contributed by atoms with Crippen molar-refractivity contribution in [2.75, 3.05) is 52.9 Å². The van der Waals surface area contributed by atoms with Gasteiger partial charge in [0.25, 0.3) is 5.91 Å². The molecule has 1 aromatic carbocycles. The molecule has 1 aliphatic rings. The number of likely N-dealkylation sites (N-methyl/N-ethyl adjacent to an activating group) is 1. The van der Waals surface area contributed by atoms with Crippen molar-refractivity contribution >= 4 is 17.5 Å². The van der Waals surface area contributed by atoms with Crippen molar-refractivity contribution < 1.29 is 9.53 Å². The average molecular weight is 354 g/mol. The molecule has 1 N–H and O–H groups in total. The van der Waals surface area contributed by atoms with Crippen LogP contribution in [0, 0.1) is 13.8 Å². The molecular formula is C18H28ClN3O2. The summed E-state index contributed by atoms with van der Waals surface area (Å²) < 4.78 is 5.56. The molecule has 6 heteroatoms. The quantitative estimate of drug-likeness (QED) is 0.762. The Labute approximate surface area is 149 Å². The molecule has 0 radical (unpaired) electrons. The number of hydrogen-bond donors (Lipinski definition) is 1. The Balaban J connectivity index is 1.61. The first-order valence-corrected chi connectivity index (χ1v) is 8.90. The minimum Gasteiger partial charge on any atom is -0.484 e. The number of piperazine rings is 1. The lowest BCUT2D eigenvalue weighted by atomic mass is 10.1. The van der Waals surface area contributed by atoms with Crippen molar-refractivity contribution in [3.8, 4) is 5.75 Å². The first-order valence-electron chi connectivity index (χ1n) is 8.53. The molecule has 0 aromatic heterocycles. The van der Waals surface area contributed by atoms with Gasteiger partial charge in [-0.25, -0.2) is 0 Å². The topological polar surface area (TPSA) is 44.8 Å². The van der Waals surface area contributed by atoms with Gasteiger partial charge < -0.3 is 19.9 Å². The largest absolute Gasteiger partial charge is 0.484 e. The summed E-state index contributed by atoms with van der Waals surface area (Å²) in [6.07, 6.45) is 0.967. The number of carbonyl (C=O) groups excluding carboxylic acids is 1. The second kappa shape index (κ2) is 9.25. The molecule has 0 unspecified atom stereocenters. The Hall–Kier alpha value is -1.30. The number of nitrogens with zero attached hydrogens (tertiary/aromatic N) is 2. The Morgan fingerprint density at radius 2 is 1.83 bits per heavy atom. The van der Waals surface area contributed by atoms with E-state index in [1.807, 2.05) is 26.0 Å². The minimum absolute atomic E-state index is 0.0367. The van der Waals surface area contributed by atoms with E-state index in [1.165, 1.54) is 0 Å². The highest BCUT2D eigenvalue weighted by Gasteiger charge is 2.13. The van der Waals surface area contributed by atoms with Crippen LogP contribution in [-0.4, -0.2) is 68.6 Å². The van der Waals surface area contributed by atoms with Crippen LogP contribution in [0.25, 0.3) is 0 Å². The van der Waals surface area contributed by atoms with Crippen LogP contribution in [0.15, 0.2) is 12.1 Å². The molecule has 1 heterocycles. The monoisotopic (exact) mass is 353 g/mol. The van der Waals surface area contributed by atoms with Crippen molar-refractivity contribution in [2.45, 2.75) is 20.3 Å². The SMILES string of the molecule is Cc1cc(OCC(=O)NCCCN2CCN(C)CC2)cc(C)c1Cl. The average Bonchev–Trinajstić information content (AvgIpc) is 2.56. The van der Waals surface area contributed by atoms with Crippen LogP contribution in [0.4, 0.5) is 0 Å². The van der Waals surface area contributed by atoms with Crippen LogP contribution in [-0.2, 0) is 4.79 Å². The van der Waals surface area contributed by atoms with Crippen molar-refractivity contribution in [1.82, 2.24) is 15.1 Å². The minimum atomic E-state index is -0.0846.